The summed E-state index contributed by atoms with van der Waals surface area (Å²) < 4.78 is 5.01. The molecule has 1 saturated heterocycles. The second-order valence-electron chi connectivity index (χ2n) is 4.31. The number of carbonyl (C=O) groups is 2. The van der Waals surface area contributed by atoms with E-state index in [0.717, 1.165) is 12.8 Å². The first-order valence-corrected chi connectivity index (χ1v) is 5.76. The number of aliphatic carboxylic acids is 1. The Balaban J connectivity index is 2.72. The second kappa shape index (κ2) is 5.86. The van der Waals surface area contributed by atoms with E-state index >= 15 is 0 Å². The molecule has 1 rings (SSSR count). The molecule has 98 valence electrons. The zero-order chi connectivity index (χ0) is 13.0. The van der Waals surface area contributed by atoms with Crippen LogP contribution < -0.4 is 0 Å². The summed E-state index contributed by atoms with van der Waals surface area (Å²) in [6.07, 6.45) is 1.43. The summed E-state index contributed by atoms with van der Waals surface area (Å²) in [7, 11) is 2.95. The summed E-state index contributed by atoms with van der Waals surface area (Å²) in [6.45, 7) is 3.06. The molecule has 0 radical (unpaired) electrons. The monoisotopic (exact) mass is 244 g/mol. The number of likely N-dealkylation sites (N-methyl/N-ethyl adjacent to an activating group) is 1. The summed E-state index contributed by atoms with van der Waals surface area (Å²) in [5.74, 6) is -1.05. The number of hydrogen-bond acceptors (Lipinski definition) is 3. The Hall–Kier alpha value is -1.30. The highest BCUT2D eigenvalue weighted by atomic mass is 16.5. The van der Waals surface area contributed by atoms with E-state index in [4.69, 9.17) is 9.84 Å². The molecular weight excluding hydrogens is 224 g/mol. The van der Waals surface area contributed by atoms with Gasteiger partial charge in [-0.25, -0.2) is 9.59 Å². The third kappa shape index (κ3) is 3.09. The molecule has 0 aromatic carbocycles. The van der Waals surface area contributed by atoms with E-state index in [2.05, 4.69) is 0 Å². The maximum atomic E-state index is 12.0. The van der Waals surface area contributed by atoms with Crippen LogP contribution in [-0.2, 0) is 9.53 Å². The van der Waals surface area contributed by atoms with Crippen molar-refractivity contribution in [2.45, 2.75) is 31.9 Å². The lowest BCUT2D eigenvalue weighted by atomic mass is 10.1. The lowest BCUT2D eigenvalue weighted by Gasteiger charge is -2.31. The fourth-order valence-electron chi connectivity index (χ4n) is 2.06. The first-order valence-electron chi connectivity index (χ1n) is 5.76. The van der Waals surface area contributed by atoms with Crippen LogP contribution >= 0.6 is 0 Å². The second-order valence-corrected chi connectivity index (χ2v) is 4.31. The average Bonchev–Trinajstić information content (AvgIpc) is 2.80. The fourth-order valence-corrected chi connectivity index (χ4v) is 2.06. The predicted molar refractivity (Wildman–Crippen MR) is 61.9 cm³/mol. The minimum atomic E-state index is -1.05. The van der Waals surface area contributed by atoms with Gasteiger partial charge in [0.2, 0.25) is 0 Å². The largest absolute Gasteiger partial charge is 0.480 e. The number of urea groups is 1. The van der Waals surface area contributed by atoms with Crippen molar-refractivity contribution in [3.8, 4) is 0 Å². The van der Waals surface area contributed by atoms with Crippen LogP contribution in [0.1, 0.15) is 19.8 Å². The third-order valence-electron chi connectivity index (χ3n) is 3.17. The first kappa shape index (κ1) is 13.8. The molecule has 0 saturated carbocycles. The van der Waals surface area contributed by atoms with Crippen LogP contribution in [0, 0.1) is 0 Å². The molecule has 0 spiro atoms. The molecule has 0 aliphatic carbocycles. The van der Waals surface area contributed by atoms with Gasteiger partial charge in [-0.1, -0.05) is 0 Å². The Bertz CT molecular complexity index is 289. The average molecular weight is 244 g/mol. The van der Waals surface area contributed by atoms with Crippen LogP contribution in [0.15, 0.2) is 0 Å². The van der Waals surface area contributed by atoms with E-state index in [1.54, 1.807) is 11.8 Å². The van der Waals surface area contributed by atoms with Crippen LogP contribution in [0.3, 0.4) is 0 Å². The molecule has 17 heavy (non-hydrogen) atoms. The number of carboxylic acids is 1. The van der Waals surface area contributed by atoms with Crippen molar-refractivity contribution in [1.82, 2.24) is 9.80 Å². The molecule has 1 heterocycles. The number of ether oxygens (including phenoxy) is 1. The Labute approximate surface area is 101 Å². The van der Waals surface area contributed by atoms with E-state index in [0.29, 0.717) is 13.1 Å². The number of rotatable bonds is 4. The van der Waals surface area contributed by atoms with E-state index in [1.165, 1.54) is 19.1 Å². The summed E-state index contributed by atoms with van der Waals surface area (Å²) in [4.78, 5) is 26.1. The molecule has 1 aliphatic rings. The normalized spacial score (nSPS) is 18.9. The van der Waals surface area contributed by atoms with Crippen LogP contribution in [0.5, 0.6) is 0 Å². The van der Waals surface area contributed by atoms with Crippen molar-refractivity contribution in [3.05, 3.63) is 0 Å². The highest BCUT2D eigenvalue weighted by Crippen LogP contribution is 2.14. The van der Waals surface area contributed by atoms with Gasteiger partial charge in [0.1, 0.15) is 0 Å². The SMILES string of the molecule is COC(C)C(C(=O)O)N(C)C(=O)N1CCCC1. The van der Waals surface area contributed by atoms with E-state index in [-0.39, 0.29) is 6.03 Å². The first-order chi connectivity index (χ1) is 7.99. The van der Waals surface area contributed by atoms with Gasteiger partial charge >= 0.3 is 12.0 Å². The van der Waals surface area contributed by atoms with Gasteiger partial charge in [-0.2, -0.15) is 0 Å². The van der Waals surface area contributed by atoms with Crippen molar-refractivity contribution in [2.75, 3.05) is 27.2 Å². The summed E-state index contributed by atoms with van der Waals surface area (Å²) in [6, 6.07) is -1.19. The van der Waals surface area contributed by atoms with Crippen molar-refractivity contribution < 1.29 is 19.4 Å². The van der Waals surface area contributed by atoms with Crippen LogP contribution in [-0.4, -0.2) is 66.3 Å². The molecule has 1 N–H and O–H groups in total. The highest BCUT2D eigenvalue weighted by molar-refractivity contribution is 5.83. The summed E-state index contributed by atoms with van der Waals surface area (Å²) >= 11 is 0. The van der Waals surface area contributed by atoms with Gasteiger partial charge in [0.25, 0.3) is 0 Å². The number of methoxy groups -OCH3 is 1. The summed E-state index contributed by atoms with van der Waals surface area (Å²) in [5.41, 5.74) is 0. The number of carboxylic acid groups (broad SMARTS) is 1. The van der Waals surface area contributed by atoms with E-state index < -0.39 is 18.1 Å². The molecule has 2 amide bonds. The lowest BCUT2D eigenvalue weighted by molar-refractivity contribution is -0.146. The van der Waals surface area contributed by atoms with Gasteiger partial charge in [-0.15, -0.1) is 0 Å². The Morgan fingerprint density at radius 1 is 1.35 bits per heavy atom. The van der Waals surface area contributed by atoms with Crippen LogP contribution in [0.4, 0.5) is 4.79 Å². The smallest absolute Gasteiger partial charge is 0.329 e. The minimum absolute atomic E-state index is 0.237. The lowest BCUT2D eigenvalue weighted by Crippen LogP contribution is -2.53. The molecule has 2 unspecified atom stereocenters. The van der Waals surface area contributed by atoms with Crippen LogP contribution in [0.25, 0.3) is 0 Å². The molecule has 1 aliphatic heterocycles. The Morgan fingerprint density at radius 3 is 2.29 bits per heavy atom. The highest BCUT2D eigenvalue weighted by Gasteiger charge is 2.34. The predicted octanol–water partition coefficient (Wildman–Crippen LogP) is 0.622. The molecule has 0 aromatic heterocycles. The van der Waals surface area contributed by atoms with Crippen molar-refractivity contribution >= 4 is 12.0 Å². The maximum absolute atomic E-state index is 12.0. The standard InChI is InChI=1S/C11H20N2O4/c1-8(17-3)9(10(14)15)12(2)11(16)13-6-4-5-7-13/h8-9H,4-7H2,1-3H3,(H,14,15). The van der Waals surface area contributed by atoms with Crippen molar-refractivity contribution in [2.24, 2.45) is 0 Å². The number of likely N-dealkylation sites (tertiary alicyclic amines) is 1. The zero-order valence-corrected chi connectivity index (χ0v) is 10.5. The van der Waals surface area contributed by atoms with Gasteiger partial charge < -0.3 is 19.6 Å². The van der Waals surface area contributed by atoms with Crippen LogP contribution in [0.2, 0.25) is 0 Å². The van der Waals surface area contributed by atoms with Crippen molar-refractivity contribution in [3.63, 3.8) is 0 Å². The Kier molecular flexibility index (Phi) is 4.74. The van der Waals surface area contributed by atoms with Gasteiger partial charge in [0, 0.05) is 27.2 Å². The molecule has 6 nitrogen and oxygen atoms in total. The number of amides is 2. The summed E-state index contributed by atoms with van der Waals surface area (Å²) in [5, 5.41) is 9.14. The van der Waals surface area contributed by atoms with E-state index in [1.807, 2.05) is 0 Å². The van der Waals surface area contributed by atoms with E-state index in [9.17, 15) is 9.59 Å². The minimum Gasteiger partial charge on any atom is -0.480 e. The quantitative estimate of drug-likeness (QED) is 0.787. The third-order valence-corrected chi connectivity index (χ3v) is 3.17. The molecule has 1 fully saturated rings. The topological polar surface area (TPSA) is 70.1 Å². The number of carbonyl (C=O) groups excluding carboxylic acids is 1. The maximum Gasteiger partial charge on any atom is 0.329 e. The molecule has 0 bridgehead atoms. The molecule has 0 aromatic rings. The zero-order valence-electron chi connectivity index (χ0n) is 10.5. The fraction of sp³-hybridized carbons (Fsp3) is 0.818. The van der Waals surface area contributed by atoms with Crippen molar-refractivity contribution in [1.29, 1.82) is 0 Å². The molecule has 2 atom stereocenters. The number of hydrogen-bond donors (Lipinski definition) is 1. The van der Waals surface area contributed by atoms with Gasteiger partial charge in [0.05, 0.1) is 6.10 Å². The molecular formula is C11H20N2O4. The van der Waals surface area contributed by atoms with Gasteiger partial charge in [0.15, 0.2) is 6.04 Å². The number of nitrogens with zero attached hydrogens (tertiary/aromatic N) is 2. The Morgan fingerprint density at radius 2 is 1.88 bits per heavy atom. The van der Waals surface area contributed by atoms with Gasteiger partial charge in [-0.3, -0.25) is 0 Å². The van der Waals surface area contributed by atoms with Gasteiger partial charge in [-0.05, 0) is 19.8 Å². The molecule has 6 heteroatoms.